The minimum atomic E-state index is -3.53. The smallest absolute Gasteiger partial charge is 0.257 e. The summed E-state index contributed by atoms with van der Waals surface area (Å²) in [4.78, 5) is 12.1. The topological polar surface area (TPSA) is 87.0 Å². The Morgan fingerprint density at radius 3 is 2.48 bits per heavy atom. The normalized spacial score (nSPS) is 10.9. The number of sulfone groups is 1. The lowest BCUT2D eigenvalue weighted by Crippen LogP contribution is -2.13. The molecule has 0 aliphatic heterocycles. The molecule has 23 heavy (non-hydrogen) atoms. The maximum atomic E-state index is 12.2. The van der Waals surface area contributed by atoms with Crippen molar-refractivity contribution < 1.29 is 13.2 Å². The van der Waals surface area contributed by atoms with Crippen molar-refractivity contribution >= 4 is 44.6 Å². The molecule has 1 N–H and O–H groups in total. The molecule has 0 saturated heterocycles. The van der Waals surface area contributed by atoms with E-state index in [1.165, 1.54) is 30.3 Å². The molecule has 0 atom stereocenters. The predicted octanol–water partition coefficient (Wildman–Crippen LogP) is 3.52. The van der Waals surface area contributed by atoms with Gasteiger partial charge in [-0.25, -0.2) is 8.42 Å². The van der Waals surface area contributed by atoms with E-state index in [-0.39, 0.29) is 26.7 Å². The van der Waals surface area contributed by atoms with Crippen molar-refractivity contribution in [3.05, 3.63) is 57.6 Å². The highest BCUT2D eigenvalue weighted by Crippen LogP contribution is 2.23. The van der Waals surface area contributed by atoms with Crippen LogP contribution in [0.1, 0.15) is 15.9 Å². The van der Waals surface area contributed by atoms with Gasteiger partial charge in [-0.05, 0) is 36.4 Å². The first kappa shape index (κ1) is 17.3. The largest absolute Gasteiger partial charge is 0.322 e. The van der Waals surface area contributed by atoms with Crippen LogP contribution >= 0.6 is 23.2 Å². The number of hydrogen-bond donors (Lipinski definition) is 1. The molecule has 0 bridgehead atoms. The van der Waals surface area contributed by atoms with Crippen LogP contribution in [0.15, 0.2) is 41.3 Å². The molecule has 0 spiro atoms. The molecule has 5 nitrogen and oxygen atoms in total. The number of anilines is 1. The van der Waals surface area contributed by atoms with Crippen LogP contribution in [-0.2, 0) is 9.84 Å². The van der Waals surface area contributed by atoms with Crippen LogP contribution in [0.2, 0.25) is 10.0 Å². The van der Waals surface area contributed by atoms with Crippen molar-refractivity contribution in [2.75, 3.05) is 11.6 Å². The lowest BCUT2D eigenvalue weighted by molar-refractivity contribution is 0.102. The standard InChI is InChI=1S/C15H10Cl2N2O3S/c1-23(21,22)14-5-3-11(6-9(14)8-18)19-15(20)12-7-10(16)2-4-13(12)17/h2-7H,1H3,(H,19,20). The Kier molecular flexibility index (Phi) is 4.95. The second kappa shape index (κ2) is 6.59. The molecule has 2 aromatic rings. The molecule has 0 saturated carbocycles. The van der Waals surface area contributed by atoms with E-state index in [9.17, 15) is 13.2 Å². The SMILES string of the molecule is CS(=O)(=O)c1ccc(NC(=O)c2cc(Cl)ccc2Cl)cc1C#N. The summed E-state index contributed by atoms with van der Waals surface area (Å²) in [5.74, 6) is -0.520. The van der Waals surface area contributed by atoms with Crippen molar-refractivity contribution in [3.8, 4) is 6.07 Å². The van der Waals surface area contributed by atoms with Crippen LogP contribution in [-0.4, -0.2) is 20.6 Å². The highest BCUT2D eigenvalue weighted by Gasteiger charge is 2.16. The fourth-order valence-electron chi connectivity index (χ4n) is 1.89. The average molecular weight is 369 g/mol. The van der Waals surface area contributed by atoms with E-state index >= 15 is 0 Å². The Bertz CT molecular complexity index is 934. The number of benzene rings is 2. The lowest BCUT2D eigenvalue weighted by atomic mass is 10.2. The van der Waals surface area contributed by atoms with Gasteiger partial charge in [-0.15, -0.1) is 0 Å². The third-order valence-electron chi connectivity index (χ3n) is 2.93. The Morgan fingerprint density at radius 2 is 1.87 bits per heavy atom. The molecule has 0 fully saturated rings. The Labute approximate surface area is 143 Å². The number of carbonyl (C=O) groups is 1. The quantitative estimate of drug-likeness (QED) is 0.897. The highest BCUT2D eigenvalue weighted by atomic mass is 35.5. The van der Waals surface area contributed by atoms with Gasteiger partial charge in [0, 0.05) is 17.0 Å². The van der Waals surface area contributed by atoms with Gasteiger partial charge in [0.15, 0.2) is 9.84 Å². The Balaban J connectivity index is 2.36. The van der Waals surface area contributed by atoms with E-state index in [0.717, 1.165) is 6.26 Å². The minimum Gasteiger partial charge on any atom is -0.322 e. The first-order valence-corrected chi connectivity index (χ1v) is 8.87. The van der Waals surface area contributed by atoms with Crippen molar-refractivity contribution in [2.24, 2.45) is 0 Å². The molecule has 0 unspecified atom stereocenters. The number of carbonyl (C=O) groups excluding carboxylic acids is 1. The fourth-order valence-corrected chi connectivity index (χ4v) is 3.08. The maximum absolute atomic E-state index is 12.2. The summed E-state index contributed by atoms with van der Waals surface area (Å²) in [6, 6.07) is 10.2. The summed E-state index contributed by atoms with van der Waals surface area (Å²) in [5, 5.41) is 12.2. The van der Waals surface area contributed by atoms with Gasteiger partial charge >= 0.3 is 0 Å². The third kappa shape index (κ3) is 4.02. The van der Waals surface area contributed by atoms with Crippen LogP contribution < -0.4 is 5.32 Å². The van der Waals surface area contributed by atoms with E-state index in [1.54, 1.807) is 12.1 Å². The summed E-state index contributed by atoms with van der Waals surface area (Å²) in [5.41, 5.74) is 0.391. The van der Waals surface area contributed by atoms with Gasteiger partial charge in [-0.1, -0.05) is 23.2 Å². The molecule has 0 radical (unpaired) electrons. The number of amides is 1. The molecule has 0 aliphatic carbocycles. The summed E-state index contributed by atoms with van der Waals surface area (Å²) < 4.78 is 23.2. The van der Waals surface area contributed by atoms with Crippen molar-refractivity contribution in [1.82, 2.24) is 0 Å². The number of halogens is 2. The summed E-state index contributed by atoms with van der Waals surface area (Å²) in [6.07, 6.45) is 1.01. The van der Waals surface area contributed by atoms with Crippen molar-refractivity contribution in [2.45, 2.75) is 4.90 Å². The second-order valence-electron chi connectivity index (χ2n) is 4.67. The lowest BCUT2D eigenvalue weighted by Gasteiger charge is -2.09. The summed E-state index contributed by atoms with van der Waals surface area (Å²) >= 11 is 11.8. The van der Waals surface area contributed by atoms with E-state index in [4.69, 9.17) is 28.5 Å². The number of nitrogens with one attached hydrogen (secondary N) is 1. The third-order valence-corrected chi connectivity index (χ3v) is 4.65. The molecule has 0 aliphatic rings. The molecular formula is C15H10Cl2N2O3S. The highest BCUT2D eigenvalue weighted by molar-refractivity contribution is 7.90. The predicted molar refractivity (Wildman–Crippen MR) is 88.7 cm³/mol. The first-order valence-electron chi connectivity index (χ1n) is 6.23. The number of nitriles is 1. The zero-order valence-electron chi connectivity index (χ0n) is 11.8. The van der Waals surface area contributed by atoms with Gasteiger partial charge in [0.1, 0.15) is 6.07 Å². The number of nitrogens with zero attached hydrogens (tertiary/aromatic N) is 1. The zero-order chi connectivity index (χ0) is 17.2. The number of rotatable bonds is 3. The van der Waals surface area contributed by atoms with E-state index in [0.29, 0.717) is 5.02 Å². The van der Waals surface area contributed by atoms with Crippen LogP contribution in [0, 0.1) is 11.3 Å². The van der Waals surface area contributed by atoms with Crippen LogP contribution in [0.25, 0.3) is 0 Å². The minimum absolute atomic E-state index is 0.0532. The average Bonchev–Trinajstić information content (AvgIpc) is 2.48. The van der Waals surface area contributed by atoms with Crippen LogP contribution in [0.3, 0.4) is 0 Å². The molecule has 2 aromatic carbocycles. The van der Waals surface area contributed by atoms with Crippen molar-refractivity contribution in [3.63, 3.8) is 0 Å². The van der Waals surface area contributed by atoms with E-state index in [2.05, 4.69) is 5.32 Å². The molecule has 2 rings (SSSR count). The van der Waals surface area contributed by atoms with Gasteiger partial charge in [0.2, 0.25) is 0 Å². The Hall–Kier alpha value is -2.07. The first-order chi connectivity index (χ1) is 10.7. The van der Waals surface area contributed by atoms with Gasteiger partial charge in [-0.3, -0.25) is 4.79 Å². The fraction of sp³-hybridized carbons (Fsp3) is 0.0667. The molecule has 1 amide bonds. The zero-order valence-corrected chi connectivity index (χ0v) is 14.1. The van der Waals surface area contributed by atoms with E-state index < -0.39 is 15.7 Å². The second-order valence-corrected chi connectivity index (χ2v) is 7.50. The molecule has 0 aromatic heterocycles. The van der Waals surface area contributed by atoms with Gasteiger partial charge < -0.3 is 5.32 Å². The molecule has 0 heterocycles. The van der Waals surface area contributed by atoms with E-state index in [1.807, 2.05) is 0 Å². The monoisotopic (exact) mass is 368 g/mol. The van der Waals surface area contributed by atoms with Gasteiger partial charge in [0.05, 0.1) is 21.0 Å². The van der Waals surface area contributed by atoms with Gasteiger partial charge in [-0.2, -0.15) is 5.26 Å². The molecule has 118 valence electrons. The number of hydrogen-bond acceptors (Lipinski definition) is 4. The summed E-state index contributed by atoms with van der Waals surface area (Å²) in [6.45, 7) is 0. The maximum Gasteiger partial charge on any atom is 0.257 e. The Morgan fingerprint density at radius 1 is 1.17 bits per heavy atom. The van der Waals surface area contributed by atoms with Crippen molar-refractivity contribution in [1.29, 1.82) is 5.26 Å². The molecule has 8 heteroatoms. The van der Waals surface area contributed by atoms with Crippen LogP contribution in [0.4, 0.5) is 5.69 Å². The van der Waals surface area contributed by atoms with Crippen LogP contribution in [0.5, 0.6) is 0 Å². The van der Waals surface area contributed by atoms with Gasteiger partial charge in [0.25, 0.3) is 5.91 Å². The molecular weight excluding hydrogens is 359 g/mol. The summed E-state index contributed by atoms with van der Waals surface area (Å²) in [7, 11) is -3.53.